The minimum atomic E-state index is -0.372. The van der Waals surface area contributed by atoms with E-state index in [2.05, 4.69) is 10.6 Å². The second kappa shape index (κ2) is 6.06. The highest BCUT2D eigenvalue weighted by molar-refractivity contribution is 6.00. The van der Waals surface area contributed by atoms with Crippen LogP contribution in [0.5, 0.6) is 0 Å². The molecular formula is C16H21N3O3. The van der Waals surface area contributed by atoms with E-state index in [-0.39, 0.29) is 24.0 Å². The lowest BCUT2D eigenvalue weighted by molar-refractivity contribution is -0.123. The van der Waals surface area contributed by atoms with Gasteiger partial charge in [0.25, 0.3) is 5.91 Å². The molecule has 0 saturated carbocycles. The van der Waals surface area contributed by atoms with Gasteiger partial charge in [0, 0.05) is 31.4 Å². The zero-order chi connectivity index (χ0) is 15.7. The number of hydrogen-bond acceptors (Lipinski definition) is 4. The summed E-state index contributed by atoms with van der Waals surface area (Å²) in [6.07, 6.45) is 0.681. The van der Waals surface area contributed by atoms with Crippen LogP contribution in [0.2, 0.25) is 0 Å². The third kappa shape index (κ3) is 2.84. The maximum Gasteiger partial charge on any atom is 0.253 e. The number of morpholine rings is 1. The highest BCUT2D eigenvalue weighted by Crippen LogP contribution is 2.22. The Labute approximate surface area is 129 Å². The van der Waals surface area contributed by atoms with E-state index < -0.39 is 0 Å². The highest BCUT2D eigenvalue weighted by Gasteiger charge is 2.29. The molecule has 0 bridgehead atoms. The molecule has 1 saturated heterocycles. The number of anilines is 1. The first-order valence-electron chi connectivity index (χ1n) is 7.60. The second-order valence-corrected chi connectivity index (χ2v) is 5.85. The van der Waals surface area contributed by atoms with Crippen molar-refractivity contribution in [3.05, 3.63) is 29.3 Å². The molecule has 2 heterocycles. The molecule has 6 heteroatoms. The largest absolute Gasteiger partial charge is 0.375 e. The van der Waals surface area contributed by atoms with Crippen molar-refractivity contribution < 1.29 is 14.3 Å². The van der Waals surface area contributed by atoms with Gasteiger partial charge in [-0.15, -0.1) is 0 Å². The summed E-state index contributed by atoms with van der Waals surface area (Å²) in [7, 11) is 1.79. The molecule has 6 nitrogen and oxygen atoms in total. The fourth-order valence-electron chi connectivity index (χ4n) is 2.91. The molecule has 2 N–H and O–H groups in total. The van der Waals surface area contributed by atoms with E-state index in [1.54, 1.807) is 18.0 Å². The number of benzene rings is 1. The second-order valence-electron chi connectivity index (χ2n) is 5.85. The van der Waals surface area contributed by atoms with Crippen molar-refractivity contribution in [2.45, 2.75) is 25.5 Å². The number of hydrogen-bond donors (Lipinski definition) is 2. The summed E-state index contributed by atoms with van der Waals surface area (Å²) < 4.78 is 5.49. The Balaban J connectivity index is 1.76. The van der Waals surface area contributed by atoms with Crippen LogP contribution in [0.25, 0.3) is 0 Å². The van der Waals surface area contributed by atoms with Crippen LogP contribution >= 0.6 is 0 Å². The monoisotopic (exact) mass is 303 g/mol. The molecule has 2 amide bonds. The predicted octanol–water partition coefficient (Wildman–Crippen LogP) is 0.630. The summed E-state index contributed by atoms with van der Waals surface area (Å²) in [6.45, 7) is 3.89. The van der Waals surface area contributed by atoms with Crippen molar-refractivity contribution in [1.82, 2.24) is 10.2 Å². The number of fused-ring (bicyclic) bond motifs is 1. The van der Waals surface area contributed by atoms with Gasteiger partial charge in [0.15, 0.2) is 0 Å². The maximum absolute atomic E-state index is 12.3. The molecule has 1 fully saturated rings. The van der Waals surface area contributed by atoms with Gasteiger partial charge in [-0.05, 0) is 31.0 Å². The van der Waals surface area contributed by atoms with E-state index in [4.69, 9.17) is 4.74 Å². The molecule has 0 radical (unpaired) electrons. The number of likely N-dealkylation sites (N-methyl/N-ethyl adjacent to an activating group) is 1. The summed E-state index contributed by atoms with van der Waals surface area (Å²) in [5.74, 6) is -0.131. The number of rotatable bonds is 2. The highest BCUT2D eigenvalue weighted by atomic mass is 16.5. The van der Waals surface area contributed by atoms with Crippen LogP contribution < -0.4 is 10.6 Å². The molecule has 1 aromatic carbocycles. The number of nitrogens with zero attached hydrogens (tertiary/aromatic N) is 1. The Bertz CT molecular complexity index is 602. The van der Waals surface area contributed by atoms with Crippen molar-refractivity contribution in [1.29, 1.82) is 0 Å². The van der Waals surface area contributed by atoms with Gasteiger partial charge < -0.3 is 20.3 Å². The van der Waals surface area contributed by atoms with Gasteiger partial charge >= 0.3 is 0 Å². The Kier molecular flexibility index (Phi) is 4.13. The van der Waals surface area contributed by atoms with Gasteiger partial charge in [-0.2, -0.15) is 0 Å². The predicted molar refractivity (Wildman–Crippen MR) is 82.9 cm³/mol. The average molecular weight is 303 g/mol. The SMILES string of the molecule is C[C@H]1OCCN[C@@H]1C(=O)Nc1ccc2c(c1)C(=O)N(C)CC2. The van der Waals surface area contributed by atoms with E-state index in [1.807, 2.05) is 19.1 Å². The van der Waals surface area contributed by atoms with Crippen molar-refractivity contribution in [2.75, 3.05) is 32.1 Å². The minimum Gasteiger partial charge on any atom is -0.375 e. The molecule has 2 atom stereocenters. The van der Waals surface area contributed by atoms with Crippen molar-refractivity contribution in [3.63, 3.8) is 0 Å². The number of carbonyl (C=O) groups excluding carboxylic acids is 2. The van der Waals surface area contributed by atoms with Gasteiger partial charge in [-0.3, -0.25) is 9.59 Å². The van der Waals surface area contributed by atoms with Crippen molar-refractivity contribution in [2.24, 2.45) is 0 Å². The average Bonchev–Trinajstić information content (AvgIpc) is 2.52. The third-order valence-corrected chi connectivity index (χ3v) is 4.27. The fourth-order valence-corrected chi connectivity index (χ4v) is 2.91. The standard InChI is InChI=1S/C16H21N3O3/c1-10-14(17-6-8-22-10)15(20)18-12-4-3-11-5-7-19(2)16(21)13(11)9-12/h3-4,9-10,14,17H,5-8H2,1-2H3,(H,18,20)/t10-,14+/m1/s1. The summed E-state index contributed by atoms with van der Waals surface area (Å²) in [5.41, 5.74) is 2.35. The molecule has 1 aromatic rings. The van der Waals surface area contributed by atoms with Gasteiger partial charge in [-0.1, -0.05) is 6.07 Å². The molecule has 2 aliphatic heterocycles. The smallest absolute Gasteiger partial charge is 0.253 e. The van der Waals surface area contributed by atoms with E-state index in [0.717, 1.165) is 18.5 Å². The minimum absolute atomic E-state index is 0.00448. The molecule has 22 heavy (non-hydrogen) atoms. The van der Waals surface area contributed by atoms with Crippen LogP contribution in [-0.2, 0) is 16.0 Å². The maximum atomic E-state index is 12.3. The first kappa shape index (κ1) is 15.0. The van der Waals surface area contributed by atoms with E-state index in [0.29, 0.717) is 24.4 Å². The van der Waals surface area contributed by atoms with Crippen LogP contribution in [0.15, 0.2) is 18.2 Å². The number of carbonyl (C=O) groups is 2. The number of nitrogens with one attached hydrogen (secondary N) is 2. The van der Waals surface area contributed by atoms with Crippen LogP contribution in [0.4, 0.5) is 5.69 Å². The fraction of sp³-hybridized carbons (Fsp3) is 0.500. The first-order chi connectivity index (χ1) is 10.6. The van der Waals surface area contributed by atoms with E-state index in [9.17, 15) is 9.59 Å². The molecule has 0 unspecified atom stereocenters. The molecule has 0 spiro atoms. The number of amides is 2. The Morgan fingerprint density at radius 2 is 2.27 bits per heavy atom. The van der Waals surface area contributed by atoms with Gasteiger partial charge in [0.1, 0.15) is 6.04 Å². The van der Waals surface area contributed by atoms with Gasteiger partial charge in [0.2, 0.25) is 5.91 Å². The zero-order valence-electron chi connectivity index (χ0n) is 12.9. The van der Waals surface area contributed by atoms with Gasteiger partial charge in [0.05, 0.1) is 12.7 Å². The molecular weight excluding hydrogens is 282 g/mol. The lowest BCUT2D eigenvalue weighted by Gasteiger charge is -2.29. The summed E-state index contributed by atoms with van der Waals surface area (Å²) in [6, 6.07) is 5.16. The van der Waals surface area contributed by atoms with Crippen LogP contribution in [0.3, 0.4) is 0 Å². The molecule has 0 aliphatic carbocycles. The zero-order valence-corrected chi connectivity index (χ0v) is 12.9. The molecule has 118 valence electrons. The van der Waals surface area contributed by atoms with E-state index >= 15 is 0 Å². The van der Waals surface area contributed by atoms with Gasteiger partial charge in [-0.25, -0.2) is 0 Å². The summed E-state index contributed by atoms with van der Waals surface area (Å²) in [5, 5.41) is 6.03. The Morgan fingerprint density at radius 3 is 3.05 bits per heavy atom. The van der Waals surface area contributed by atoms with Crippen molar-refractivity contribution in [3.8, 4) is 0 Å². The number of ether oxygens (including phenoxy) is 1. The molecule has 0 aromatic heterocycles. The van der Waals surface area contributed by atoms with Crippen LogP contribution in [0, 0.1) is 0 Å². The third-order valence-electron chi connectivity index (χ3n) is 4.27. The quantitative estimate of drug-likeness (QED) is 0.841. The van der Waals surface area contributed by atoms with Crippen molar-refractivity contribution >= 4 is 17.5 Å². The Hall–Kier alpha value is -1.92. The summed E-state index contributed by atoms with van der Waals surface area (Å²) >= 11 is 0. The molecule has 2 aliphatic rings. The van der Waals surface area contributed by atoms with Crippen LogP contribution in [0.1, 0.15) is 22.8 Å². The molecule has 3 rings (SSSR count). The van der Waals surface area contributed by atoms with Crippen LogP contribution in [-0.4, -0.2) is 55.6 Å². The Morgan fingerprint density at radius 1 is 1.45 bits per heavy atom. The topological polar surface area (TPSA) is 70.7 Å². The lowest BCUT2D eigenvalue weighted by Crippen LogP contribution is -2.53. The lowest BCUT2D eigenvalue weighted by atomic mass is 9.98. The normalized spacial score (nSPS) is 24.8. The van der Waals surface area contributed by atoms with E-state index in [1.165, 1.54) is 0 Å². The summed E-state index contributed by atoms with van der Waals surface area (Å²) in [4.78, 5) is 26.2. The first-order valence-corrected chi connectivity index (χ1v) is 7.60.